The van der Waals surface area contributed by atoms with Crippen LogP contribution in [0.15, 0.2) is 41.3 Å². The molecule has 2 fully saturated rings. The lowest BCUT2D eigenvalue weighted by atomic mass is 9.87. The molecule has 0 spiro atoms. The van der Waals surface area contributed by atoms with E-state index in [1.165, 1.54) is 24.5 Å². The number of aromatic amines is 1. The van der Waals surface area contributed by atoms with E-state index in [0.717, 1.165) is 57.9 Å². The summed E-state index contributed by atoms with van der Waals surface area (Å²) in [5, 5.41) is 16.6. The fraction of sp³-hybridized carbons (Fsp3) is 0.500. The lowest BCUT2D eigenvalue weighted by Crippen LogP contribution is -2.41. The number of likely N-dealkylation sites (tertiary alicyclic amines) is 1. The first-order valence-electron chi connectivity index (χ1n) is 12.8. The Kier molecular flexibility index (Phi) is 7.56. The van der Waals surface area contributed by atoms with Crippen LogP contribution in [0.1, 0.15) is 42.7 Å². The molecule has 1 atom stereocenters. The summed E-state index contributed by atoms with van der Waals surface area (Å²) in [5.74, 6) is 0.979. The minimum atomic E-state index is -4.87. The quantitative estimate of drug-likeness (QED) is 0.477. The minimum Gasteiger partial charge on any atom is -0.316 e. The van der Waals surface area contributed by atoms with Crippen molar-refractivity contribution in [3.8, 4) is 22.5 Å². The van der Waals surface area contributed by atoms with Gasteiger partial charge in [-0.1, -0.05) is 30.3 Å². The molecule has 8 nitrogen and oxygen atoms in total. The van der Waals surface area contributed by atoms with Crippen LogP contribution in [0.25, 0.3) is 22.5 Å². The van der Waals surface area contributed by atoms with Gasteiger partial charge < -0.3 is 10.2 Å². The molecule has 2 aliphatic heterocycles. The van der Waals surface area contributed by atoms with Gasteiger partial charge >= 0.3 is 6.18 Å². The highest BCUT2D eigenvalue weighted by Gasteiger charge is 2.39. The lowest BCUT2D eigenvalue weighted by Gasteiger charge is -2.35. The molecule has 2 aliphatic rings. The zero-order valence-electron chi connectivity index (χ0n) is 21.1. The van der Waals surface area contributed by atoms with Gasteiger partial charge in [-0.2, -0.15) is 13.2 Å². The highest BCUT2D eigenvalue weighted by atomic mass is 32.2. The first-order valence-corrected chi connectivity index (χ1v) is 14.7. The molecule has 5 rings (SSSR count). The van der Waals surface area contributed by atoms with Crippen LogP contribution in [0, 0.1) is 5.92 Å². The Morgan fingerprint density at radius 1 is 1.05 bits per heavy atom. The van der Waals surface area contributed by atoms with E-state index in [1.54, 1.807) is 0 Å². The number of aromatic nitrogens is 4. The monoisotopic (exact) mass is 548 g/mol. The molecule has 0 amide bonds. The maximum absolute atomic E-state index is 13.8. The van der Waals surface area contributed by atoms with E-state index in [1.807, 2.05) is 24.3 Å². The topological polar surface area (TPSA) is 104 Å². The number of sulfone groups is 1. The fourth-order valence-corrected chi connectivity index (χ4v) is 6.92. The molecule has 0 radical (unpaired) electrons. The number of nitrogens with zero attached hydrogens (tertiary/aromatic N) is 4. The number of hydrogen-bond donors (Lipinski definition) is 2. The number of H-pyrrole nitrogens is 1. The minimum absolute atomic E-state index is 0.142. The number of halogens is 3. The summed E-state index contributed by atoms with van der Waals surface area (Å²) in [6.45, 7) is 5.44. The molecule has 0 bridgehead atoms. The average molecular weight is 549 g/mol. The van der Waals surface area contributed by atoms with Crippen molar-refractivity contribution in [2.45, 2.75) is 42.7 Å². The maximum Gasteiger partial charge on any atom is 0.417 e. The van der Waals surface area contributed by atoms with Gasteiger partial charge in [0.05, 0.1) is 10.5 Å². The van der Waals surface area contributed by atoms with E-state index in [4.69, 9.17) is 0 Å². The molecule has 1 unspecified atom stereocenters. The summed E-state index contributed by atoms with van der Waals surface area (Å²) in [6.07, 6.45) is 0.512. The highest BCUT2D eigenvalue weighted by molar-refractivity contribution is 7.91. The Labute approximate surface area is 219 Å². The second-order valence-corrected chi connectivity index (χ2v) is 12.2. The van der Waals surface area contributed by atoms with Crippen LogP contribution in [0.5, 0.6) is 0 Å². The molecule has 3 aromatic rings. The number of piperidine rings is 2. The van der Waals surface area contributed by atoms with Crippen molar-refractivity contribution in [3.63, 3.8) is 0 Å². The molecule has 2 N–H and O–H groups in total. The van der Waals surface area contributed by atoms with Crippen molar-refractivity contribution in [1.29, 1.82) is 0 Å². The van der Waals surface area contributed by atoms with Gasteiger partial charge in [-0.25, -0.2) is 13.5 Å². The van der Waals surface area contributed by atoms with Crippen LogP contribution >= 0.6 is 0 Å². The lowest BCUT2D eigenvalue weighted by molar-refractivity contribution is -0.139. The molecule has 38 heavy (non-hydrogen) atoms. The molecule has 2 aromatic carbocycles. The number of rotatable bonds is 6. The Bertz CT molecular complexity index is 1350. The van der Waals surface area contributed by atoms with Crippen molar-refractivity contribution < 1.29 is 21.6 Å². The number of tetrazole rings is 1. The van der Waals surface area contributed by atoms with Gasteiger partial charge in [0, 0.05) is 18.4 Å². The molecule has 12 heteroatoms. The highest BCUT2D eigenvalue weighted by Crippen LogP contribution is 2.43. The van der Waals surface area contributed by atoms with Gasteiger partial charge in [-0.05, 0) is 96.9 Å². The number of alkyl halides is 3. The van der Waals surface area contributed by atoms with Crippen molar-refractivity contribution in [1.82, 2.24) is 30.8 Å². The van der Waals surface area contributed by atoms with Crippen LogP contribution in [-0.4, -0.2) is 72.9 Å². The molecule has 0 saturated carbocycles. The number of benzene rings is 2. The van der Waals surface area contributed by atoms with Crippen LogP contribution in [0.2, 0.25) is 0 Å². The van der Waals surface area contributed by atoms with Gasteiger partial charge in [-0.3, -0.25) is 0 Å². The molecule has 1 aromatic heterocycles. The van der Waals surface area contributed by atoms with Gasteiger partial charge in [0.25, 0.3) is 0 Å². The van der Waals surface area contributed by atoms with E-state index in [0.29, 0.717) is 23.0 Å². The summed E-state index contributed by atoms with van der Waals surface area (Å²) in [6, 6.07) is 9.73. The Hall–Kier alpha value is -2.83. The number of hydrogen-bond acceptors (Lipinski definition) is 7. The molecule has 0 aliphatic carbocycles. The van der Waals surface area contributed by atoms with Crippen molar-refractivity contribution in [3.05, 3.63) is 47.5 Å². The average Bonchev–Trinajstić information content (AvgIpc) is 3.43. The van der Waals surface area contributed by atoms with Gasteiger partial charge in [0.15, 0.2) is 15.7 Å². The van der Waals surface area contributed by atoms with Crippen molar-refractivity contribution >= 4 is 9.84 Å². The van der Waals surface area contributed by atoms with Crippen molar-refractivity contribution in [2.24, 2.45) is 5.92 Å². The molecular formula is C26H31F3N6O2S. The molecule has 204 valence electrons. The van der Waals surface area contributed by atoms with E-state index in [2.05, 4.69) is 30.8 Å². The number of nitrogens with one attached hydrogen (secondary N) is 2. The smallest absolute Gasteiger partial charge is 0.316 e. The first-order chi connectivity index (χ1) is 18.1. The third-order valence-corrected chi connectivity index (χ3v) is 8.78. The molecular weight excluding hydrogens is 517 g/mol. The second-order valence-electron chi connectivity index (χ2n) is 10.3. The second kappa shape index (κ2) is 10.7. The van der Waals surface area contributed by atoms with Crippen LogP contribution < -0.4 is 5.32 Å². The molecule has 3 heterocycles. The van der Waals surface area contributed by atoms with E-state index in [9.17, 15) is 21.6 Å². The zero-order chi connectivity index (χ0) is 26.9. The van der Waals surface area contributed by atoms with Crippen LogP contribution in [0.4, 0.5) is 13.2 Å². The fourth-order valence-electron chi connectivity index (χ4n) is 5.76. The Morgan fingerprint density at radius 3 is 2.37 bits per heavy atom. The van der Waals surface area contributed by atoms with Crippen LogP contribution in [0.3, 0.4) is 0 Å². The summed E-state index contributed by atoms with van der Waals surface area (Å²) in [4.78, 5) is 1.71. The molecule has 2 saturated heterocycles. The van der Waals surface area contributed by atoms with Gasteiger partial charge in [-0.15, -0.1) is 5.10 Å². The standard InChI is InChI=1S/C26H31F3N6O2S/c1-38(36,37)24-22(26(27,28)29)9-8-21(23(24)25-31-33-34-32-25)20-6-4-18(5-7-20)19-10-13-35(14-11-19)16-17-3-2-12-30-15-17/h4-9,17,19,30H,2-3,10-16H2,1H3,(H,31,32,33,34). The first kappa shape index (κ1) is 26.8. The predicted octanol–water partition coefficient (Wildman–Crippen LogP) is 4.14. The van der Waals surface area contributed by atoms with Crippen molar-refractivity contribution in [2.75, 3.05) is 39.0 Å². The summed E-state index contributed by atoms with van der Waals surface area (Å²) >= 11 is 0. The summed E-state index contributed by atoms with van der Waals surface area (Å²) < 4.78 is 66.7. The maximum atomic E-state index is 13.8. The van der Waals surface area contributed by atoms with Gasteiger partial charge in [0.2, 0.25) is 0 Å². The van der Waals surface area contributed by atoms with E-state index < -0.39 is 26.5 Å². The normalized spacial score (nSPS) is 20.1. The third kappa shape index (κ3) is 5.76. The van der Waals surface area contributed by atoms with Gasteiger partial charge in [0.1, 0.15) is 0 Å². The summed E-state index contributed by atoms with van der Waals surface area (Å²) in [7, 11) is -4.29. The Morgan fingerprint density at radius 2 is 1.79 bits per heavy atom. The Balaban J connectivity index is 1.41. The third-order valence-electron chi connectivity index (χ3n) is 7.61. The largest absolute Gasteiger partial charge is 0.417 e. The predicted molar refractivity (Wildman–Crippen MR) is 137 cm³/mol. The SMILES string of the molecule is CS(=O)(=O)c1c(C(F)(F)F)ccc(-c2ccc(C3CCN(CC4CCCNC4)CC3)cc2)c1-c1nnn[nH]1. The zero-order valence-corrected chi connectivity index (χ0v) is 21.9. The van der Waals surface area contributed by atoms with E-state index in [-0.39, 0.29) is 11.4 Å². The van der Waals surface area contributed by atoms with Crippen LogP contribution in [-0.2, 0) is 16.0 Å². The van der Waals surface area contributed by atoms with E-state index >= 15 is 0 Å². The summed E-state index contributed by atoms with van der Waals surface area (Å²) in [5.41, 5.74) is 0.624.